The van der Waals surface area contributed by atoms with Gasteiger partial charge in [0, 0.05) is 24.1 Å². The molecule has 0 aliphatic heterocycles. The fourth-order valence-corrected chi connectivity index (χ4v) is 2.01. The van der Waals surface area contributed by atoms with E-state index >= 15 is 0 Å². The summed E-state index contributed by atoms with van der Waals surface area (Å²) in [5.41, 5.74) is 5.55. The number of nitrogens with two attached hydrogens (primary N) is 2. The van der Waals surface area contributed by atoms with E-state index in [4.69, 9.17) is 10.9 Å². The van der Waals surface area contributed by atoms with Crippen molar-refractivity contribution in [1.82, 2.24) is 0 Å². The van der Waals surface area contributed by atoms with E-state index in [0.717, 1.165) is 6.07 Å². The van der Waals surface area contributed by atoms with Crippen LogP contribution >= 0.6 is 0 Å². The first-order valence-corrected chi connectivity index (χ1v) is 5.95. The largest absolute Gasteiger partial charge is 0.398 e. The summed E-state index contributed by atoms with van der Waals surface area (Å²) >= 11 is 0. The van der Waals surface area contributed by atoms with E-state index in [1.54, 1.807) is 0 Å². The number of nitro groups is 1. The van der Waals surface area contributed by atoms with Crippen LogP contribution in [0.4, 0.5) is 11.4 Å². The van der Waals surface area contributed by atoms with Crippen LogP contribution in [-0.2, 0) is 10.1 Å². The van der Waals surface area contributed by atoms with Crippen molar-refractivity contribution in [2.45, 2.75) is 4.90 Å². The predicted octanol–water partition coefficient (Wildman–Crippen LogP) is 0.0561. The zero-order valence-corrected chi connectivity index (χ0v) is 8.40. The van der Waals surface area contributed by atoms with Gasteiger partial charge in [-0.2, -0.15) is 0 Å². The Kier molecular flexibility index (Phi) is 2.54. The summed E-state index contributed by atoms with van der Waals surface area (Å²) in [6, 6.07) is 3.72. The van der Waals surface area contributed by atoms with Gasteiger partial charge in [-0.1, -0.05) is 0 Å². The van der Waals surface area contributed by atoms with Gasteiger partial charge >= 0.3 is 0 Å². The standard InChI is InChI=1S/C7H11N3O3S/c1-14(9,13)7-4-5(10(11)12)2-3-6(7)8/h2-4,14H,8H2,1H3,(H2,9,13). The Bertz CT molecular complexity index is 426. The second-order valence-corrected chi connectivity index (χ2v) is 5.45. The van der Waals surface area contributed by atoms with Crippen molar-refractivity contribution in [2.24, 2.45) is 5.14 Å². The topological polar surface area (TPSA) is 112 Å². The molecule has 0 bridgehead atoms. The number of nitrogens with zero attached hydrogens (tertiary/aromatic N) is 1. The van der Waals surface area contributed by atoms with Crippen LogP contribution in [0.5, 0.6) is 0 Å². The van der Waals surface area contributed by atoms with E-state index in [1.165, 1.54) is 18.4 Å². The molecule has 1 aromatic carbocycles. The number of non-ortho nitro benzene ring substituents is 1. The highest BCUT2D eigenvalue weighted by Gasteiger charge is 2.14. The molecule has 0 fully saturated rings. The Morgan fingerprint density at radius 2 is 2.07 bits per heavy atom. The molecular weight excluding hydrogens is 206 g/mol. The van der Waals surface area contributed by atoms with Crippen molar-refractivity contribution >= 4 is 21.5 Å². The molecule has 0 saturated heterocycles. The number of nitrogen functional groups attached to an aromatic ring is 1. The molecule has 0 saturated carbocycles. The monoisotopic (exact) mass is 217 g/mol. The summed E-state index contributed by atoms with van der Waals surface area (Å²) in [4.78, 5) is 9.99. The first-order valence-electron chi connectivity index (χ1n) is 3.73. The molecule has 0 aliphatic rings. The highest BCUT2D eigenvalue weighted by atomic mass is 32.3. The first kappa shape index (κ1) is 10.6. The third-order valence-corrected chi connectivity index (χ3v) is 3.05. The van der Waals surface area contributed by atoms with Crippen LogP contribution in [0, 0.1) is 10.1 Å². The van der Waals surface area contributed by atoms with E-state index in [2.05, 4.69) is 0 Å². The molecule has 0 radical (unpaired) electrons. The van der Waals surface area contributed by atoms with Gasteiger partial charge in [-0.3, -0.25) is 19.5 Å². The van der Waals surface area contributed by atoms with Gasteiger partial charge in [0.2, 0.25) is 0 Å². The highest BCUT2D eigenvalue weighted by Crippen LogP contribution is 2.24. The van der Waals surface area contributed by atoms with E-state index in [0.29, 0.717) is 0 Å². The first-order chi connectivity index (χ1) is 6.32. The summed E-state index contributed by atoms with van der Waals surface area (Å²) < 4.78 is 11.5. The van der Waals surface area contributed by atoms with Crippen molar-refractivity contribution in [3.8, 4) is 0 Å². The van der Waals surface area contributed by atoms with Gasteiger partial charge in [0.15, 0.2) is 0 Å². The van der Waals surface area contributed by atoms with Gasteiger partial charge in [0.1, 0.15) is 0 Å². The zero-order valence-electron chi connectivity index (χ0n) is 7.51. The number of hydrogen-bond acceptors (Lipinski definition) is 4. The average molecular weight is 217 g/mol. The van der Waals surface area contributed by atoms with Crippen molar-refractivity contribution in [3.05, 3.63) is 28.3 Å². The fourth-order valence-electron chi connectivity index (χ4n) is 1.03. The van der Waals surface area contributed by atoms with Crippen LogP contribution in [0.3, 0.4) is 0 Å². The maximum absolute atomic E-state index is 11.5. The third kappa shape index (κ3) is 2.06. The Balaban J connectivity index is 3.36. The minimum Gasteiger partial charge on any atom is -0.398 e. The second kappa shape index (κ2) is 3.35. The van der Waals surface area contributed by atoms with Gasteiger partial charge in [-0.25, -0.2) is 0 Å². The number of nitro benzene ring substituents is 1. The quantitative estimate of drug-likeness (QED) is 0.281. The molecule has 0 spiro atoms. The summed E-state index contributed by atoms with van der Waals surface area (Å²) in [6.07, 6.45) is 1.31. The van der Waals surface area contributed by atoms with Crippen molar-refractivity contribution in [3.63, 3.8) is 0 Å². The molecule has 0 amide bonds. The minimum absolute atomic E-state index is 0.145. The molecule has 6 nitrogen and oxygen atoms in total. The molecule has 7 heteroatoms. The maximum atomic E-state index is 11.5. The Morgan fingerprint density at radius 3 is 2.50 bits per heavy atom. The highest BCUT2D eigenvalue weighted by molar-refractivity contribution is 8.00. The van der Waals surface area contributed by atoms with Gasteiger partial charge in [0.05, 0.1) is 9.82 Å². The van der Waals surface area contributed by atoms with Gasteiger partial charge in [0.25, 0.3) is 5.69 Å². The molecule has 1 aromatic rings. The van der Waals surface area contributed by atoms with Crippen LogP contribution in [0.15, 0.2) is 23.1 Å². The van der Waals surface area contributed by atoms with Crippen LogP contribution < -0.4 is 10.9 Å². The molecule has 0 heterocycles. The second-order valence-electron chi connectivity index (χ2n) is 2.99. The molecule has 78 valence electrons. The molecule has 0 aromatic heterocycles. The fraction of sp³-hybridized carbons (Fsp3) is 0.143. The van der Waals surface area contributed by atoms with Gasteiger partial charge in [-0.05, 0) is 16.2 Å². The summed E-state index contributed by atoms with van der Waals surface area (Å²) in [5.74, 6) is 0. The van der Waals surface area contributed by atoms with Crippen LogP contribution in [0.25, 0.3) is 0 Å². The normalized spacial score (nSPS) is 12.4. The van der Waals surface area contributed by atoms with E-state index in [9.17, 15) is 14.3 Å². The van der Waals surface area contributed by atoms with Crippen LogP contribution in [0.1, 0.15) is 0 Å². The molecule has 14 heavy (non-hydrogen) atoms. The zero-order chi connectivity index (χ0) is 10.9. The molecule has 0 atom stereocenters. The number of benzene rings is 1. The lowest BCUT2D eigenvalue weighted by Crippen LogP contribution is -2.22. The Morgan fingerprint density at radius 1 is 1.50 bits per heavy atom. The lowest BCUT2D eigenvalue weighted by molar-refractivity contribution is -0.385. The average Bonchev–Trinajstić information content (AvgIpc) is 2.02. The number of hydrogen-bond donors (Lipinski definition) is 3. The molecular formula is C7H11N3O3S. The van der Waals surface area contributed by atoms with E-state index < -0.39 is 15.0 Å². The SMILES string of the molecule is C[SH](N)(=O)c1cc([N+](=O)[O-])ccc1N. The van der Waals surface area contributed by atoms with E-state index in [1.807, 2.05) is 0 Å². The third-order valence-electron chi connectivity index (χ3n) is 1.70. The lowest BCUT2D eigenvalue weighted by atomic mass is 10.3. The maximum Gasteiger partial charge on any atom is 0.270 e. The van der Waals surface area contributed by atoms with Crippen LogP contribution in [-0.4, -0.2) is 15.4 Å². The Hall–Kier alpha value is -1.47. The molecule has 0 unspecified atom stereocenters. The Labute approximate surface area is 81.6 Å². The smallest absolute Gasteiger partial charge is 0.270 e. The van der Waals surface area contributed by atoms with Crippen molar-refractivity contribution in [1.29, 1.82) is 0 Å². The van der Waals surface area contributed by atoms with Gasteiger partial charge in [-0.15, -0.1) is 0 Å². The van der Waals surface area contributed by atoms with E-state index in [-0.39, 0.29) is 16.3 Å². The molecule has 1 rings (SSSR count). The number of anilines is 1. The summed E-state index contributed by atoms with van der Waals surface area (Å²) in [6.45, 7) is 0. The molecule has 4 N–H and O–H groups in total. The van der Waals surface area contributed by atoms with Crippen LogP contribution in [0.2, 0.25) is 0 Å². The lowest BCUT2D eigenvalue weighted by Gasteiger charge is -2.14. The van der Waals surface area contributed by atoms with Crippen molar-refractivity contribution in [2.75, 3.05) is 12.0 Å². The summed E-state index contributed by atoms with van der Waals surface area (Å²) in [7, 11) is -3.05. The molecule has 0 aliphatic carbocycles. The van der Waals surface area contributed by atoms with Crippen molar-refractivity contribution < 1.29 is 9.13 Å². The number of rotatable bonds is 2. The predicted molar refractivity (Wildman–Crippen MR) is 55.4 cm³/mol. The van der Waals surface area contributed by atoms with Gasteiger partial charge < -0.3 is 5.73 Å². The minimum atomic E-state index is -3.05. The number of thiol groups is 1. The summed E-state index contributed by atoms with van der Waals surface area (Å²) in [5, 5.41) is 15.8.